The summed E-state index contributed by atoms with van der Waals surface area (Å²) in [6.45, 7) is 8.42. The lowest BCUT2D eigenvalue weighted by molar-refractivity contribution is 0.664. The molecule has 0 unspecified atom stereocenters. The maximum absolute atomic E-state index is 7.03. The lowest BCUT2D eigenvalue weighted by Crippen LogP contribution is -2.07. The van der Waals surface area contributed by atoms with Crippen LogP contribution in [0.25, 0.3) is 22.2 Å². The van der Waals surface area contributed by atoms with E-state index in [4.69, 9.17) is 6.57 Å². The topological polar surface area (TPSA) is 72.9 Å². The van der Waals surface area contributed by atoms with Crippen molar-refractivity contribution in [1.82, 2.24) is 25.0 Å². The Balaban J connectivity index is 1.72. The van der Waals surface area contributed by atoms with E-state index in [0.29, 0.717) is 17.8 Å². The first-order valence-corrected chi connectivity index (χ1v) is 6.80. The molecule has 3 aromatic rings. The summed E-state index contributed by atoms with van der Waals surface area (Å²) in [6, 6.07) is 6.21. The quantitative estimate of drug-likeness (QED) is 0.733. The number of nitrogens with one attached hydrogen (secondary N) is 1. The first kappa shape index (κ1) is 12.5. The molecule has 22 heavy (non-hydrogen) atoms. The zero-order chi connectivity index (χ0) is 14.9. The van der Waals surface area contributed by atoms with Crippen molar-refractivity contribution in [2.45, 2.75) is 6.54 Å². The number of aromatic nitrogens is 5. The zero-order valence-corrected chi connectivity index (χ0v) is 11.6. The van der Waals surface area contributed by atoms with Crippen LogP contribution in [0.1, 0.15) is 11.1 Å². The van der Waals surface area contributed by atoms with Gasteiger partial charge in [0.1, 0.15) is 0 Å². The molecule has 0 spiro atoms. The normalized spacial score (nSPS) is 12.7. The van der Waals surface area contributed by atoms with E-state index < -0.39 is 0 Å². The smallest absolute Gasteiger partial charge is 0.291 e. The minimum atomic E-state index is 0.244. The van der Waals surface area contributed by atoms with Crippen molar-refractivity contribution in [2.24, 2.45) is 0 Å². The third-order valence-corrected chi connectivity index (χ3v) is 3.49. The summed E-state index contributed by atoms with van der Waals surface area (Å²) in [7, 11) is 0. The van der Waals surface area contributed by atoms with Crippen LogP contribution in [-0.4, -0.2) is 31.5 Å². The van der Waals surface area contributed by atoms with Crippen LogP contribution in [0.2, 0.25) is 0 Å². The minimum Gasteiger partial charge on any atom is -0.381 e. The molecule has 0 radical (unpaired) electrons. The summed E-state index contributed by atoms with van der Waals surface area (Å²) < 4.78 is 1.67. The second kappa shape index (κ2) is 4.93. The highest BCUT2D eigenvalue weighted by atomic mass is 15.5. The number of nitrogens with zero attached hydrogens (tertiary/aromatic N) is 6. The number of hydrogen-bond acceptors (Lipinski definition) is 5. The fourth-order valence-corrected chi connectivity index (χ4v) is 2.44. The van der Waals surface area contributed by atoms with Crippen LogP contribution in [0.4, 0.5) is 11.5 Å². The Bertz CT molecular complexity index is 933. The van der Waals surface area contributed by atoms with Crippen molar-refractivity contribution >= 4 is 28.9 Å². The van der Waals surface area contributed by atoms with E-state index in [1.807, 2.05) is 6.07 Å². The standard InChI is InChI=1S/C15H11N7/c1-16-13-8-18-14-15(19-13)22(21-20-14)9-10-4-5-12-11(7-10)3-2-6-17-12/h2-5,7-8,17H,6,9H2. The first-order chi connectivity index (χ1) is 10.8. The molecule has 4 rings (SSSR count). The van der Waals surface area contributed by atoms with Gasteiger partial charge in [-0.25, -0.2) is 9.67 Å². The largest absolute Gasteiger partial charge is 0.381 e. The summed E-state index contributed by atoms with van der Waals surface area (Å²) in [5.74, 6) is 0.244. The van der Waals surface area contributed by atoms with E-state index in [2.05, 4.69) is 54.7 Å². The van der Waals surface area contributed by atoms with E-state index in [9.17, 15) is 0 Å². The van der Waals surface area contributed by atoms with Crippen molar-refractivity contribution in [1.29, 1.82) is 0 Å². The zero-order valence-electron chi connectivity index (χ0n) is 11.6. The van der Waals surface area contributed by atoms with Gasteiger partial charge in [-0.2, -0.15) is 0 Å². The average molecular weight is 289 g/mol. The van der Waals surface area contributed by atoms with Gasteiger partial charge in [0, 0.05) is 12.2 Å². The maximum Gasteiger partial charge on any atom is 0.291 e. The average Bonchev–Trinajstić information content (AvgIpc) is 2.97. The van der Waals surface area contributed by atoms with Gasteiger partial charge in [0.2, 0.25) is 5.65 Å². The molecule has 106 valence electrons. The Morgan fingerprint density at radius 2 is 2.32 bits per heavy atom. The molecule has 2 aromatic heterocycles. The molecule has 0 bridgehead atoms. The van der Waals surface area contributed by atoms with Gasteiger partial charge in [-0.05, 0) is 23.3 Å². The molecule has 0 atom stereocenters. The van der Waals surface area contributed by atoms with Gasteiger partial charge in [0.05, 0.1) is 12.7 Å². The van der Waals surface area contributed by atoms with Gasteiger partial charge < -0.3 is 10.2 Å². The van der Waals surface area contributed by atoms with E-state index in [1.54, 1.807) is 4.68 Å². The molecule has 7 nitrogen and oxygen atoms in total. The predicted octanol–water partition coefficient (Wildman–Crippen LogP) is 2.26. The number of benzene rings is 1. The molecule has 0 saturated carbocycles. The number of rotatable bonds is 2. The Morgan fingerprint density at radius 3 is 3.23 bits per heavy atom. The van der Waals surface area contributed by atoms with Crippen molar-refractivity contribution in [2.75, 3.05) is 11.9 Å². The highest BCUT2D eigenvalue weighted by Crippen LogP contribution is 2.22. The lowest BCUT2D eigenvalue weighted by atomic mass is 10.1. The van der Waals surface area contributed by atoms with Gasteiger partial charge in [-0.1, -0.05) is 35.0 Å². The minimum absolute atomic E-state index is 0.244. The monoisotopic (exact) mass is 289 g/mol. The van der Waals surface area contributed by atoms with Crippen LogP contribution in [0.3, 0.4) is 0 Å². The predicted molar refractivity (Wildman–Crippen MR) is 82.4 cm³/mol. The second-order valence-electron chi connectivity index (χ2n) is 4.94. The third kappa shape index (κ3) is 2.07. The van der Waals surface area contributed by atoms with Gasteiger partial charge >= 0.3 is 0 Å². The fourth-order valence-electron chi connectivity index (χ4n) is 2.44. The van der Waals surface area contributed by atoms with Crippen molar-refractivity contribution in [3.63, 3.8) is 0 Å². The van der Waals surface area contributed by atoms with Gasteiger partial charge in [-0.15, -0.1) is 5.10 Å². The number of anilines is 1. The molecular weight excluding hydrogens is 278 g/mol. The fraction of sp³-hybridized carbons (Fsp3) is 0.133. The second-order valence-corrected chi connectivity index (χ2v) is 4.94. The summed E-state index contributed by atoms with van der Waals surface area (Å²) in [5, 5.41) is 11.4. The van der Waals surface area contributed by atoms with E-state index in [-0.39, 0.29) is 5.82 Å². The van der Waals surface area contributed by atoms with Crippen molar-refractivity contribution < 1.29 is 0 Å². The molecule has 1 N–H and O–H groups in total. The van der Waals surface area contributed by atoms with Crippen LogP contribution in [-0.2, 0) is 6.54 Å². The molecule has 1 aliphatic heterocycles. The number of fused-ring (bicyclic) bond motifs is 2. The maximum atomic E-state index is 7.03. The molecule has 0 fully saturated rings. The molecule has 0 aliphatic carbocycles. The Labute approximate surface area is 126 Å². The van der Waals surface area contributed by atoms with Crippen LogP contribution in [0.15, 0.2) is 30.5 Å². The summed E-state index contributed by atoms with van der Waals surface area (Å²) >= 11 is 0. The Morgan fingerprint density at radius 1 is 1.36 bits per heavy atom. The lowest BCUT2D eigenvalue weighted by Gasteiger charge is -2.13. The molecular formula is C15H11N7. The van der Waals surface area contributed by atoms with Gasteiger partial charge in [0.25, 0.3) is 11.5 Å². The highest BCUT2D eigenvalue weighted by molar-refractivity contribution is 5.71. The van der Waals surface area contributed by atoms with Crippen molar-refractivity contribution in [3.8, 4) is 0 Å². The molecule has 1 aliphatic rings. The number of hydrogen-bond donors (Lipinski definition) is 1. The Hall–Kier alpha value is -3.27. The summed E-state index contributed by atoms with van der Waals surface area (Å²) in [4.78, 5) is 11.6. The molecule has 7 heteroatoms. The highest BCUT2D eigenvalue weighted by Gasteiger charge is 2.13. The van der Waals surface area contributed by atoms with Gasteiger partial charge in [-0.3, -0.25) is 0 Å². The molecule has 0 saturated heterocycles. The van der Waals surface area contributed by atoms with Crippen molar-refractivity contribution in [3.05, 3.63) is 53.0 Å². The van der Waals surface area contributed by atoms with Crippen LogP contribution >= 0.6 is 0 Å². The van der Waals surface area contributed by atoms with Crippen LogP contribution in [0.5, 0.6) is 0 Å². The van der Waals surface area contributed by atoms with E-state index in [1.165, 1.54) is 6.20 Å². The third-order valence-electron chi connectivity index (χ3n) is 3.49. The van der Waals surface area contributed by atoms with Crippen LogP contribution in [0, 0.1) is 6.57 Å². The first-order valence-electron chi connectivity index (χ1n) is 6.80. The molecule has 3 heterocycles. The molecule has 0 amide bonds. The summed E-state index contributed by atoms with van der Waals surface area (Å²) in [5.41, 5.74) is 4.35. The Kier molecular flexibility index (Phi) is 2.79. The van der Waals surface area contributed by atoms with E-state index >= 15 is 0 Å². The summed E-state index contributed by atoms with van der Waals surface area (Å²) in [6.07, 6.45) is 5.60. The molecule has 1 aromatic carbocycles. The van der Waals surface area contributed by atoms with E-state index in [0.717, 1.165) is 23.4 Å². The SMILES string of the molecule is [C-]#[N+]c1cnc2nnn(Cc3ccc4c(c3)C=CCN4)c2n1. The van der Waals surface area contributed by atoms with Gasteiger partial charge in [0.15, 0.2) is 0 Å². The van der Waals surface area contributed by atoms with Crippen LogP contribution < -0.4 is 5.32 Å².